The van der Waals surface area contributed by atoms with Crippen molar-refractivity contribution in [3.05, 3.63) is 71.7 Å². The summed E-state index contributed by atoms with van der Waals surface area (Å²) in [6.07, 6.45) is -0.327. The van der Waals surface area contributed by atoms with Crippen LogP contribution in [0.15, 0.2) is 54.7 Å². The number of aromatic carboxylic acids is 1. The average molecular weight is 721 g/mol. The van der Waals surface area contributed by atoms with Gasteiger partial charge in [0, 0.05) is 36.3 Å². The predicted molar refractivity (Wildman–Crippen MR) is 185 cm³/mol. The van der Waals surface area contributed by atoms with E-state index in [0.29, 0.717) is 23.7 Å². The number of halogens is 3. The molecule has 2 aliphatic rings. The minimum absolute atomic E-state index is 0.0434. The number of nitrogens with one attached hydrogen (secondary N) is 2. The number of hydrogen-bond acceptors (Lipinski definition) is 8. The Morgan fingerprint density at radius 1 is 1.08 bits per heavy atom. The predicted octanol–water partition coefficient (Wildman–Crippen LogP) is 5.63. The molecule has 6 rings (SSSR count). The number of anilines is 1. The van der Waals surface area contributed by atoms with Gasteiger partial charge in [0.1, 0.15) is 5.75 Å². The van der Waals surface area contributed by atoms with E-state index in [2.05, 4.69) is 25.6 Å². The topological polar surface area (TPSA) is 156 Å². The Kier molecular flexibility index (Phi) is 10.6. The van der Waals surface area contributed by atoms with Gasteiger partial charge in [-0.05, 0) is 92.6 Å². The molecule has 0 radical (unpaired) electrons. The second kappa shape index (κ2) is 15.1. The third-order valence-corrected chi connectivity index (χ3v) is 9.67. The van der Waals surface area contributed by atoms with Crippen LogP contribution in [0.4, 0.5) is 18.9 Å². The van der Waals surface area contributed by atoms with E-state index >= 15 is 0 Å². The number of carboxylic acid groups (broad SMARTS) is 1. The van der Waals surface area contributed by atoms with E-state index in [9.17, 15) is 37.5 Å². The van der Waals surface area contributed by atoms with Gasteiger partial charge < -0.3 is 15.2 Å². The summed E-state index contributed by atoms with van der Waals surface area (Å²) in [4.78, 5) is 54.4. The van der Waals surface area contributed by atoms with E-state index in [4.69, 9.17) is 4.74 Å². The van der Waals surface area contributed by atoms with Crippen LogP contribution in [0.25, 0.3) is 22.0 Å². The summed E-state index contributed by atoms with van der Waals surface area (Å²) in [6, 6.07) is 11.6. The Labute approximate surface area is 297 Å². The molecular formula is C37H39F3N6O6. The molecule has 4 heterocycles. The first kappa shape index (κ1) is 36.5. The quantitative estimate of drug-likeness (QED) is 0.167. The molecular weight excluding hydrogens is 681 g/mol. The molecule has 2 fully saturated rings. The van der Waals surface area contributed by atoms with Crippen molar-refractivity contribution in [2.75, 3.05) is 31.6 Å². The highest BCUT2D eigenvalue weighted by Crippen LogP contribution is 2.40. The Morgan fingerprint density at radius 2 is 1.85 bits per heavy atom. The Hall–Kier alpha value is -5.31. The molecule has 4 aromatic rings. The molecule has 15 heteroatoms. The van der Waals surface area contributed by atoms with Crippen molar-refractivity contribution in [1.29, 1.82) is 0 Å². The van der Waals surface area contributed by atoms with Crippen molar-refractivity contribution in [2.24, 2.45) is 18.9 Å². The van der Waals surface area contributed by atoms with Crippen molar-refractivity contribution in [3.63, 3.8) is 0 Å². The molecule has 12 nitrogen and oxygen atoms in total. The number of aromatic nitrogens is 3. The number of amides is 3. The highest BCUT2D eigenvalue weighted by Gasteiger charge is 2.36. The molecule has 2 aromatic carbocycles. The number of likely N-dealkylation sites (tertiary alicyclic amines) is 1. The molecule has 3 amide bonds. The molecule has 52 heavy (non-hydrogen) atoms. The third kappa shape index (κ3) is 8.25. The standard InChI is InChI=1S/C37H39F3N6O6/c1-21(20-52-24-6-8-25(29(18-24)37(38,39)40)26-4-3-13-41-34(26)36(50)51)16-22-11-14-46(15-12-22)19-32(48)42-23-5-7-27-30(17-23)45(2)44-33(27)28-9-10-31(47)43-35(28)49/h3-8,13,17-18,21-22,28H,9-12,14-16,19-20H2,1-2H3,(H,42,48)(H,50,51)(H,43,47,49)/t21-,28?/m1/s1. The Morgan fingerprint density at radius 3 is 2.56 bits per heavy atom. The number of piperidine rings is 2. The molecule has 2 aliphatic heterocycles. The van der Waals surface area contributed by atoms with Crippen molar-refractivity contribution < 1.29 is 42.2 Å². The number of hydrogen-bond donors (Lipinski definition) is 3. The van der Waals surface area contributed by atoms with Crippen LogP contribution in [0.5, 0.6) is 5.75 Å². The van der Waals surface area contributed by atoms with E-state index in [0.717, 1.165) is 49.3 Å². The number of pyridine rings is 1. The second-order valence-electron chi connectivity index (χ2n) is 13.6. The lowest BCUT2D eigenvalue weighted by atomic mass is 9.88. The SMILES string of the molecule is C[C@@H](COc1ccc(-c2cccnc2C(=O)O)c(C(F)(F)F)c1)CC1CCN(CC(=O)Nc2ccc3c(C4CCC(=O)NC4=O)nn(C)c3c2)CC1. The summed E-state index contributed by atoms with van der Waals surface area (Å²) in [5.74, 6) is -2.26. The third-order valence-electron chi connectivity index (χ3n) is 9.67. The van der Waals surface area contributed by atoms with E-state index in [1.165, 1.54) is 30.5 Å². The van der Waals surface area contributed by atoms with Crippen LogP contribution < -0.4 is 15.4 Å². The van der Waals surface area contributed by atoms with Crippen molar-refractivity contribution in [1.82, 2.24) is 25.0 Å². The number of imide groups is 1. The lowest BCUT2D eigenvalue weighted by Crippen LogP contribution is -2.39. The van der Waals surface area contributed by atoms with E-state index in [1.807, 2.05) is 19.1 Å². The number of alkyl halides is 3. The zero-order chi connectivity index (χ0) is 37.2. The molecule has 3 N–H and O–H groups in total. The van der Waals surface area contributed by atoms with Crippen LogP contribution in [0.3, 0.4) is 0 Å². The number of benzene rings is 2. The lowest BCUT2D eigenvalue weighted by Gasteiger charge is -2.32. The van der Waals surface area contributed by atoms with Gasteiger partial charge in [-0.1, -0.05) is 19.1 Å². The van der Waals surface area contributed by atoms with Gasteiger partial charge in [-0.2, -0.15) is 18.3 Å². The highest BCUT2D eigenvalue weighted by atomic mass is 19.4. The van der Waals surface area contributed by atoms with Gasteiger partial charge in [0.2, 0.25) is 17.7 Å². The van der Waals surface area contributed by atoms with Crippen LogP contribution in [0, 0.1) is 11.8 Å². The van der Waals surface area contributed by atoms with Crippen LogP contribution in [-0.2, 0) is 27.6 Å². The molecule has 1 unspecified atom stereocenters. The number of carbonyl (C=O) groups is 4. The van der Waals surface area contributed by atoms with Crippen molar-refractivity contribution >= 4 is 40.3 Å². The molecule has 0 spiro atoms. The molecule has 274 valence electrons. The number of rotatable bonds is 11. The highest BCUT2D eigenvalue weighted by molar-refractivity contribution is 6.03. The molecule has 2 atom stereocenters. The number of nitrogens with zero attached hydrogens (tertiary/aromatic N) is 4. The van der Waals surface area contributed by atoms with Crippen LogP contribution in [-0.4, -0.2) is 74.7 Å². The number of carboxylic acids is 1. The van der Waals surface area contributed by atoms with E-state index in [1.54, 1.807) is 17.8 Å². The van der Waals surface area contributed by atoms with Gasteiger partial charge in [0.05, 0.1) is 35.8 Å². The Bertz CT molecular complexity index is 2010. The fourth-order valence-corrected chi connectivity index (χ4v) is 7.11. The number of ether oxygens (including phenoxy) is 1. The maximum atomic E-state index is 14.1. The van der Waals surface area contributed by atoms with Crippen molar-refractivity contribution in [2.45, 2.75) is 51.1 Å². The first-order chi connectivity index (χ1) is 24.8. The van der Waals surface area contributed by atoms with Crippen LogP contribution in [0.1, 0.15) is 66.7 Å². The first-order valence-electron chi connectivity index (χ1n) is 17.1. The summed E-state index contributed by atoms with van der Waals surface area (Å²) < 4.78 is 49.6. The number of carbonyl (C=O) groups excluding carboxylic acids is 3. The van der Waals surface area contributed by atoms with Crippen molar-refractivity contribution in [3.8, 4) is 16.9 Å². The van der Waals surface area contributed by atoms with E-state index < -0.39 is 29.3 Å². The fourth-order valence-electron chi connectivity index (χ4n) is 7.11. The smallest absolute Gasteiger partial charge is 0.417 e. The van der Waals surface area contributed by atoms with Gasteiger partial charge in [0.25, 0.3) is 0 Å². The maximum absolute atomic E-state index is 14.1. The minimum atomic E-state index is -4.74. The monoisotopic (exact) mass is 720 g/mol. The van der Waals surface area contributed by atoms with Gasteiger partial charge in [-0.15, -0.1) is 0 Å². The Balaban J connectivity index is 0.980. The van der Waals surface area contributed by atoms with E-state index in [-0.39, 0.29) is 60.1 Å². The largest absolute Gasteiger partial charge is 0.493 e. The molecule has 2 saturated heterocycles. The van der Waals surface area contributed by atoms with Gasteiger partial charge >= 0.3 is 12.1 Å². The molecule has 0 aliphatic carbocycles. The van der Waals surface area contributed by atoms with Gasteiger partial charge in [0.15, 0.2) is 5.69 Å². The van der Waals surface area contributed by atoms with Gasteiger partial charge in [-0.3, -0.25) is 29.3 Å². The van der Waals surface area contributed by atoms with Crippen LogP contribution in [0.2, 0.25) is 0 Å². The summed E-state index contributed by atoms with van der Waals surface area (Å²) in [6.45, 7) is 3.87. The second-order valence-corrected chi connectivity index (χ2v) is 13.6. The fraction of sp³-hybridized carbons (Fsp3) is 0.405. The zero-order valence-electron chi connectivity index (χ0n) is 28.7. The number of aryl methyl sites for hydroxylation is 1. The number of fused-ring (bicyclic) bond motifs is 1. The zero-order valence-corrected chi connectivity index (χ0v) is 28.7. The molecule has 2 aromatic heterocycles. The van der Waals surface area contributed by atoms with Gasteiger partial charge in [-0.25, -0.2) is 9.78 Å². The summed E-state index contributed by atoms with van der Waals surface area (Å²) in [7, 11) is 1.77. The first-order valence-corrected chi connectivity index (χ1v) is 17.1. The summed E-state index contributed by atoms with van der Waals surface area (Å²) in [5, 5.41) is 20.1. The lowest BCUT2D eigenvalue weighted by molar-refractivity contribution is -0.137. The summed E-state index contributed by atoms with van der Waals surface area (Å²) >= 11 is 0. The normalized spacial score (nSPS) is 17.9. The molecule has 0 bridgehead atoms. The molecule has 0 saturated carbocycles. The average Bonchev–Trinajstić information content (AvgIpc) is 3.42. The minimum Gasteiger partial charge on any atom is -0.493 e. The van der Waals surface area contributed by atoms with Crippen LogP contribution >= 0.6 is 0 Å². The summed E-state index contributed by atoms with van der Waals surface area (Å²) in [5.41, 5.74) is 0.0987. The maximum Gasteiger partial charge on any atom is 0.417 e.